The van der Waals surface area contributed by atoms with Crippen molar-refractivity contribution in [3.63, 3.8) is 0 Å². The molecule has 0 fully saturated rings. The van der Waals surface area contributed by atoms with Gasteiger partial charge in [-0.2, -0.15) is 0 Å². The normalized spacial score (nSPS) is 10.9. The molecule has 0 aliphatic carbocycles. The molecule has 0 aliphatic heterocycles. The van der Waals surface area contributed by atoms with E-state index in [1.165, 1.54) is 0 Å². The van der Waals surface area contributed by atoms with Gasteiger partial charge in [-0.25, -0.2) is 4.98 Å². The van der Waals surface area contributed by atoms with Gasteiger partial charge in [-0.05, 0) is 24.6 Å². The second kappa shape index (κ2) is 4.95. The summed E-state index contributed by atoms with van der Waals surface area (Å²) in [7, 11) is 0. The molecule has 0 bridgehead atoms. The largest absolute Gasteiger partial charge is 0.247 e. The van der Waals surface area contributed by atoms with Crippen molar-refractivity contribution >= 4 is 38.4 Å². The van der Waals surface area contributed by atoms with Crippen molar-refractivity contribution in [2.75, 3.05) is 0 Å². The van der Waals surface area contributed by atoms with E-state index in [1.807, 2.05) is 55.5 Å². The number of aromatic nitrogens is 1. The molecule has 1 heterocycles. The van der Waals surface area contributed by atoms with Gasteiger partial charge in [0.1, 0.15) is 0 Å². The summed E-state index contributed by atoms with van der Waals surface area (Å²) in [5, 5.41) is 1.72. The Morgan fingerprint density at radius 3 is 2.53 bits per heavy atom. The van der Waals surface area contributed by atoms with Crippen LogP contribution in [0.4, 0.5) is 0 Å². The lowest BCUT2D eigenvalue weighted by Gasteiger charge is -2.09. The van der Waals surface area contributed by atoms with Crippen LogP contribution in [-0.4, -0.2) is 4.98 Å². The van der Waals surface area contributed by atoms with Gasteiger partial charge in [0.15, 0.2) is 0 Å². The van der Waals surface area contributed by atoms with Gasteiger partial charge in [0, 0.05) is 15.4 Å². The molecule has 0 N–H and O–H groups in total. The molecule has 94 valence electrons. The Bertz CT molecular complexity index is 754. The number of hydrogen-bond acceptors (Lipinski definition) is 1. The first-order chi connectivity index (χ1) is 9.16. The van der Waals surface area contributed by atoms with Gasteiger partial charge < -0.3 is 0 Å². The zero-order chi connectivity index (χ0) is 13.4. The van der Waals surface area contributed by atoms with Crippen LogP contribution in [0.3, 0.4) is 0 Å². The molecule has 1 aromatic heterocycles. The highest BCUT2D eigenvalue weighted by molar-refractivity contribution is 9.10. The number of fused-ring (bicyclic) bond motifs is 1. The summed E-state index contributed by atoms with van der Waals surface area (Å²) in [4.78, 5) is 4.75. The highest BCUT2D eigenvalue weighted by Gasteiger charge is 2.09. The number of hydrogen-bond donors (Lipinski definition) is 0. The molecule has 0 amide bonds. The van der Waals surface area contributed by atoms with Gasteiger partial charge in [0.2, 0.25) is 0 Å². The highest BCUT2D eigenvalue weighted by Crippen LogP contribution is 2.32. The SMILES string of the molecule is Cc1c(Br)ccc2c(Cl)cc(-c3ccccc3)nc12. The standard InChI is InChI=1S/C16H11BrClN/c1-10-13(17)8-7-12-14(18)9-15(19-16(10)12)11-5-3-2-4-6-11/h2-9H,1H3. The molecule has 0 unspecified atom stereocenters. The molecule has 0 atom stereocenters. The lowest BCUT2D eigenvalue weighted by molar-refractivity contribution is 1.35. The number of pyridine rings is 1. The minimum absolute atomic E-state index is 0.736. The van der Waals surface area contributed by atoms with Crippen LogP contribution in [0.15, 0.2) is 53.0 Å². The van der Waals surface area contributed by atoms with Crippen LogP contribution in [0.5, 0.6) is 0 Å². The quantitative estimate of drug-likeness (QED) is 0.563. The first-order valence-corrected chi connectivity index (χ1v) is 7.14. The van der Waals surface area contributed by atoms with Crippen LogP contribution < -0.4 is 0 Å². The van der Waals surface area contributed by atoms with Crippen LogP contribution >= 0.6 is 27.5 Å². The molecule has 3 heteroatoms. The summed E-state index contributed by atoms with van der Waals surface area (Å²) in [5.41, 5.74) is 4.03. The third-order valence-corrected chi connectivity index (χ3v) is 4.36. The zero-order valence-corrected chi connectivity index (χ0v) is 12.7. The van der Waals surface area contributed by atoms with Gasteiger partial charge in [-0.3, -0.25) is 0 Å². The highest BCUT2D eigenvalue weighted by atomic mass is 79.9. The Kier molecular flexibility index (Phi) is 3.29. The second-order valence-electron chi connectivity index (χ2n) is 4.42. The van der Waals surface area contributed by atoms with E-state index in [-0.39, 0.29) is 0 Å². The van der Waals surface area contributed by atoms with Crippen LogP contribution in [0.2, 0.25) is 5.02 Å². The summed E-state index contributed by atoms with van der Waals surface area (Å²) in [6, 6.07) is 16.0. The van der Waals surface area contributed by atoms with E-state index in [0.29, 0.717) is 0 Å². The number of rotatable bonds is 1. The van der Waals surface area contributed by atoms with Crippen LogP contribution in [0.25, 0.3) is 22.2 Å². The van der Waals surface area contributed by atoms with E-state index in [0.717, 1.165) is 37.2 Å². The molecule has 1 nitrogen and oxygen atoms in total. The Morgan fingerprint density at radius 2 is 1.79 bits per heavy atom. The fourth-order valence-corrected chi connectivity index (χ4v) is 2.70. The van der Waals surface area contributed by atoms with E-state index in [2.05, 4.69) is 15.9 Å². The summed E-state index contributed by atoms with van der Waals surface area (Å²) in [6.07, 6.45) is 0. The fraction of sp³-hybridized carbons (Fsp3) is 0.0625. The number of halogens is 2. The number of aryl methyl sites for hydroxylation is 1. The lowest BCUT2D eigenvalue weighted by Crippen LogP contribution is -1.90. The van der Waals surface area contributed by atoms with Crippen molar-refractivity contribution in [2.24, 2.45) is 0 Å². The van der Waals surface area contributed by atoms with Crippen LogP contribution in [-0.2, 0) is 0 Å². The van der Waals surface area contributed by atoms with E-state index in [9.17, 15) is 0 Å². The minimum atomic E-state index is 0.736. The maximum Gasteiger partial charge on any atom is 0.0764 e. The third kappa shape index (κ3) is 2.26. The summed E-state index contributed by atoms with van der Waals surface area (Å²) >= 11 is 9.92. The monoisotopic (exact) mass is 331 g/mol. The molecular weight excluding hydrogens is 322 g/mol. The predicted molar refractivity (Wildman–Crippen MR) is 84.6 cm³/mol. The predicted octanol–water partition coefficient (Wildman–Crippen LogP) is 5.63. The molecular formula is C16H11BrClN. The van der Waals surface area contributed by atoms with Crippen molar-refractivity contribution in [2.45, 2.75) is 6.92 Å². The second-order valence-corrected chi connectivity index (χ2v) is 5.69. The van der Waals surface area contributed by atoms with E-state index in [1.54, 1.807) is 0 Å². The van der Waals surface area contributed by atoms with Gasteiger partial charge in [0.05, 0.1) is 16.2 Å². The van der Waals surface area contributed by atoms with Crippen molar-refractivity contribution in [3.8, 4) is 11.3 Å². The molecule has 2 aromatic carbocycles. The Balaban J connectivity index is 2.32. The molecule has 3 aromatic rings. The van der Waals surface area contributed by atoms with E-state index < -0.39 is 0 Å². The van der Waals surface area contributed by atoms with Gasteiger partial charge in [-0.15, -0.1) is 0 Å². The Hall–Kier alpha value is -1.38. The van der Waals surface area contributed by atoms with Crippen LogP contribution in [0.1, 0.15) is 5.56 Å². The van der Waals surface area contributed by atoms with Crippen molar-refractivity contribution < 1.29 is 0 Å². The summed E-state index contributed by atoms with van der Waals surface area (Å²) in [5.74, 6) is 0. The van der Waals surface area contributed by atoms with Gasteiger partial charge >= 0.3 is 0 Å². The van der Waals surface area contributed by atoms with Gasteiger partial charge in [-0.1, -0.05) is 63.9 Å². The zero-order valence-electron chi connectivity index (χ0n) is 10.3. The maximum absolute atomic E-state index is 6.38. The van der Waals surface area contributed by atoms with E-state index >= 15 is 0 Å². The molecule has 19 heavy (non-hydrogen) atoms. The maximum atomic E-state index is 6.38. The number of nitrogens with zero attached hydrogens (tertiary/aromatic N) is 1. The minimum Gasteiger partial charge on any atom is -0.247 e. The average molecular weight is 333 g/mol. The summed E-state index contributed by atoms with van der Waals surface area (Å²) < 4.78 is 1.05. The van der Waals surface area contributed by atoms with E-state index in [4.69, 9.17) is 16.6 Å². The Morgan fingerprint density at radius 1 is 1.05 bits per heavy atom. The Labute approximate surface area is 125 Å². The smallest absolute Gasteiger partial charge is 0.0764 e. The number of benzene rings is 2. The molecule has 3 rings (SSSR count). The van der Waals surface area contributed by atoms with Crippen LogP contribution in [0, 0.1) is 6.92 Å². The average Bonchev–Trinajstić information content (AvgIpc) is 2.44. The molecule has 0 saturated heterocycles. The lowest BCUT2D eigenvalue weighted by atomic mass is 10.1. The first kappa shape index (κ1) is 12.6. The summed E-state index contributed by atoms with van der Waals surface area (Å²) in [6.45, 7) is 2.05. The van der Waals surface area contributed by atoms with Crippen molar-refractivity contribution in [1.29, 1.82) is 0 Å². The molecule has 0 aliphatic rings. The van der Waals surface area contributed by atoms with Crippen molar-refractivity contribution in [1.82, 2.24) is 4.98 Å². The third-order valence-electron chi connectivity index (χ3n) is 3.19. The van der Waals surface area contributed by atoms with Crippen molar-refractivity contribution in [3.05, 3.63) is 63.6 Å². The molecule has 0 saturated carbocycles. The van der Waals surface area contributed by atoms with Gasteiger partial charge in [0.25, 0.3) is 0 Å². The topological polar surface area (TPSA) is 12.9 Å². The molecule has 0 radical (unpaired) electrons. The fourth-order valence-electron chi connectivity index (χ4n) is 2.12. The first-order valence-electron chi connectivity index (χ1n) is 5.97. The molecule has 0 spiro atoms.